The molecular weight excluding hydrogens is 280 g/mol. The van der Waals surface area contributed by atoms with Crippen molar-refractivity contribution in [3.05, 3.63) is 51.7 Å². The van der Waals surface area contributed by atoms with Gasteiger partial charge in [0.15, 0.2) is 5.82 Å². The Balaban J connectivity index is 2.04. The zero-order valence-electron chi connectivity index (χ0n) is 10.9. The van der Waals surface area contributed by atoms with Gasteiger partial charge in [-0.1, -0.05) is 17.3 Å². The molecule has 1 aromatic carbocycles. The highest BCUT2D eigenvalue weighted by molar-refractivity contribution is 5.94. The van der Waals surface area contributed by atoms with Crippen LogP contribution in [-0.2, 0) is 13.0 Å². The largest absolute Gasteiger partial charge is 0.477 e. The van der Waals surface area contributed by atoms with E-state index in [0.717, 1.165) is 0 Å². The Hall–Kier alpha value is -2.81. The monoisotopic (exact) mass is 292 g/mol. The molecule has 0 unspecified atom stereocenters. The van der Waals surface area contributed by atoms with Gasteiger partial charge in [0.1, 0.15) is 5.56 Å². The first-order chi connectivity index (χ1) is 10.1. The molecule has 0 radical (unpaired) electrons. The molecule has 0 bridgehead atoms. The Morgan fingerprint density at radius 1 is 1.48 bits per heavy atom. The first-order valence-corrected chi connectivity index (χ1v) is 6.05. The molecule has 21 heavy (non-hydrogen) atoms. The number of carboxylic acids is 1. The van der Waals surface area contributed by atoms with Crippen LogP contribution in [0.25, 0.3) is 0 Å². The average Bonchev–Trinajstić information content (AvgIpc) is 2.96. The molecule has 1 aromatic heterocycles. The summed E-state index contributed by atoms with van der Waals surface area (Å²) in [6, 6.07) is 4.17. The van der Waals surface area contributed by atoms with Crippen LogP contribution in [0, 0.1) is 10.1 Å². The first-order valence-electron chi connectivity index (χ1n) is 6.05. The van der Waals surface area contributed by atoms with Crippen molar-refractivity contribution >= 4 is 11.7 Å². The van der Waals surface area contributed by atoms with Gasteiger partial charge in [-0.25, -0.2) is 4.79 Å². The molecule has 0 saturated heterocycles. The van der Waals surface area contributed by atoms with Gasteiger partial charge in [-0.15, -0.1) is 0 Å². The average molecular weight is 292 g/mol. The molecule has 0 aliphatic heterocycles. The van der Waals surface area contributed by atoms with Crippen molar-refractivity contribution in [2.24, 2.45) is 0 Å². The number of hydrogen-bond donors (Lipinski definition) is 2. The highest BCUT2D eigenvalue weighted by atomic mass is 16.6. The van der Waals surface area contributed by atoms with Gasteiger partial charge in [-0.3, -0.25) is 10.1 Å². The predicted octanol–water partition coefficient (Wildman–Crippen LogP) is 1.01. The van der Waals surface area contributed by atoms with Crippen LogP contribution >= 0.6 is 0 Å². The standard InChI is InChI=1S/C12H12N4O5/c17-12(18)11-8(2-1-3-9(11)16(19)20)6-13-5-4-10-14-7-21-15-10/h1-3,7,13H,4-6H2,(H,17,18). The summed E-state index contributed by atoms with van der Waals surface area (Å²) in [5.41, 5.74) is -0.362. The Morgan fingerprint density at radius 3 is 2.90 bits per heavy atom. The molecule has 9 nitrogen and oxygen atoms in total. The normalized spacial score (nSPS) is 10.5. The molecule has 0 spiro atoms. The van der Waals surface area contributed by atoms with Crippen LogP contribution in [0.1, 0.15) is 21.7 Å². The summed E-state index contributed by atoms with van der Waals surface area (Å²) in [7, 11) is 0. The molecule has 110 valence electrons. The van der Waals surface area contributed by atoms with Crippen LogP contribution in [-0.4, -0.2) is 32.7 Å². The van der Waals surface area contributed by atoms with E-state index in [1.807, 2.05) is 0 Å². The Labute approximate surface area is 118 Å². The van der Waals surface area contributed by atoms with E-state index in [0.29, 0.717) is 24.4 Å². The summed E-state index contributed by atoms with van der Waals surface area (Å²) in [4.78, 5) is 25.2. The van der Waals surface area contributed by atoms with Crippen LogP contribution in [0.5, 0.6) is 0 Å². The van der Waals surface area contributed by atoms with Crippen molar-refractivity contribution in [2.45, 2.75) is 13.0 Å². The van der Waals surface area contributed by atoms with Crippen LogP contribution in [0.15, 0.2) is 29.1 Å². The molecule has 0 fully saturated rings. The van der Waals surface area contributed by atoms with Gasteiger partial charge in [0.2, 0.25) is 6.39 Å². The number of aromatic carboxylic acids is 1. The van der Waals surface area contributed by atoms with Gasteiger partial charge in [0, 0.05) is 25.6 Å². The second-order valence-corrected chi connectivity index (χ2v) is 4.15. The maximum atomic E-state index is 11.2. The summed E-state index contributed by atoms with van der Waals surface area (Å²) >= 11 is 0. The molecule has 2 rings (SSSR count). The van der Waals surface area contributed by atoms with Gasteiger partial charge in [0.05, 0.1) is 4.92 Å². The van der Waals surface area contributed by atoms with E-state index in [1.54, 1.807) is 0 Å². The SMILES string of the molecule is O=C(O)c1c(CNCCc2ncon2)cccc1[N+](=O)[O-]. The lowest BCUT2D eigenvalue weighted by atomic mass is 10.1. The highest BCUT2D eigenvalue weighted by Gasteiger charge is 2.22. The fraction of sp³-hybridized carbons (Fsp3) is 0.250. The van der Waals surface area contributed by atoms with E-state index in [-0.39, 0.29) is 12.1 Å². The van der Waals surface area contributed by atoms with Crippen LogP contribution in [0.4, 0.5) is 5.69 Å². The van der Waals surface area contributed by atoms with Crippen LogP contribution in [0.3, 0.4) is 0 Å². The Morgan fingerprint density at radius 2 is 2.29 bits per heavy atom. The van der Waals surface area contributed by atoms with Crippen molar-refractivity contribution in [3.8, 4) is 0 Å². The number of nitro benzene ring substituents is 1. The number of benzene rings is 1. The Bertz CT molecular complexity index is 641. The van der Waals surface area contributed by atoms with E-state index in [2.05, 4.69) is 20.0 Å². The molecule has 2 aromatic rings. The maximum absolute atomic E-state index is 11.2. The number of nitrogens with one attached hydrogen (secondary N) is 1. The molecule has 1 heterocycles. The third kappa shape index (κ3) is 3.60. The summed E-state index contributed by atoms with van der Waals surface area (Å²) < 4.78 is 4.58. The third-order valence-electron chi connectivity index (χ3n) is 2.79. The van der Waals surface area contributed by atoms with E-state index >= 15 is 0 Å². The number of nitro groups is 1. The zero-order chi connectivity index (χ0) is 15.2. The summed E-state index contributed by atoms with van der Waals surface area (Å²) in [6.07, 6.45) is 1.73. The second-order valence-electron chi connectivity index (χ2n) is 4.15. The van der Waals surface area contributed by atoms with Gasteiger partial charge in [-0.05, 0) is 5.56 Å². The van der Waals surface area contributed by atoms with E-state index in [1.165, 1.54) is 24.6 Å². The predicted molar refractivity (Wildman–Crippen MR) is 69.8 cm³/mol. The second kappa shape index (κ2) is 6.57. The minimum absolute atomic E-state index is 0.196. The van der Waals surface area contributed by atoms with E-state index in [9.17, 15) is 14.9 Å². The molecule has 0 aliphatic carbocycles. The topological polar surface area (TPSA) is 131 Å². The van der Waals surface area contributed by atoms with Gasteiger partial charge in [-0.2, -0.15) is 4.98 Å². The molecule has 9 heteroatoms. The maximum Gasteiger partial charge on any atom is 0.343 e. The van der Waals surface area contributed by atoms with Crippen molar-refractivity contribution < 1.29 is 19.3 Å². The quantitative estimate of drug-likeness (QED) is 0.439. The number of nitrogens with zero attached hydrogens (tertiary/aromatic N) is 3. The summed E-state index contributed by atoms with van der Waals surface area (Å²) in [5, 5.41) is 26.6. The molecular formula is C12H12N4O5. The van der Waals surface area contributed by atoms with Gasteiger partial charge >= 0.3 is 5.97 Å². The smallest absolute Gasteiger partial charge is 0.343 e. The van der Waals surface area contributed by atoms with Crippen molar-refractivity contribution in [1.82, 2.24) is 15.5 Å². The van der Waals surface area contributed by atoms with Gasteiger partial charge in [0.25, 0.3) is 5.69 Å². The van der Waals surface area contributed by atoms with Gasteiger partial charge < -0.3 is 14.9 Å². The lowest BCUT2D eigenvalue weighted by Gasteiger charge is -2.07. The van der Waals surface area contributed by atoms with Crippen molar-refractivity contribution in [3.63, 3.8) is 0 Å². The Kier molecular flexibility index (Phi) is 4.57. The fourth-order valence-electron chi connectivity index (χ4n) is 1.86. The van der Waals surface area contributed by atoms with Crippen LogP contribution in [0.2, 0.25) is 0 Å². The van der Waals surface area contributed by atoms with E-state index in [4.69, 9.17) is 5.11 Å². The fourth-order valence-corrected chi connectivity index (χ4v) is 1.86. The number of hydrogen-bond acceptors (Lipinski definition) is 7. The van der Waals surface area contributed by atoms with Crippen molar-refractivity contribution in [2.75, 3.05) is 6.54 Å². The summed E-state index contributed by atoms with van der Waals surface area (Å²) in [5.74, 6) is -0.794. The number of rotatable bonds is 7. The number of carbonyl (C=O) groups is 1. The molecule has 0 atom stereocenters. The lowest BCUT2D eigenvalue weighted by Crippen LogP contribution is -2.19. The minimum atomic E-state index is -1.32. The lowest BCUT2D eigenvalue weighted by molar-refractivity contribution is -0.385. The van der Waals surface area contributed by atoms with E-state index < -0.39 is 16.6 Å². The van der Waals surface area contributed by atoms with Crippen LogP contribution < -0.4 is 5.32 Å². The molecule has 0 amide bonds. The van der Waals surface area contributed by atoms with Crippen molar-refractivity contribution in [1.29, 1.82) is 0 Å². The zero-order valence-corrected chi connectivity index (χ0v) is 10.9. The molecule has 2 N–H and O–H groups in total. The number of aromatic nitrogens is 2. The third-order valence-corrected chi connectivity index (χ3v) is 2.79. The highest BCUT2D eigenvalue weighted by Crippen LogP contribution is 2.22. The summed E-state index contributed by atoms with van der Waals surface area (Å²) in [6.45, 7) is 0.683. The number of carboxylic acid groups (broad SMARTS) is 1. The molecule has 0 saturated carbocycles. The first kappa shape index (κ1) is 14.6. The molecule has 0 aliphatic rings. The minimum Gasteiger partial charge on any atom is -0.477 e.